The molecule has 0 fully saturated rings. The van der Waals surface area contributed by atoms with E-state index in [2.05, 4.69) is 57.4 Å². The van der Waals surface area contributed by atoms with Crippen molar-refractivity contribution in [2.24, 2.45) is 0 Å². The molecule has 0 amide bonds. The van der Waals surface area contributed by atoms with Crippen molar-refractivity contribution < 1.29 is 18.1 Å². The molecule has 9 rings (SSSR count). The monoisotopic (exact) mass is 637 g/mol. The lowest BCUT2D eigenvalue weighted by Gasteiger charge is -2.12. The van der Waals surface area contributed by atoms with E-state index in [0.29, 0.717) is 22.1 Å². The minimum atomic E-state index is -0.619. The fraction of sp³-hybridized carbons (Fsp3) is 0. The molecule has 0 bridgehead atoms. The number of nitrogens with zero attached hydrogens (tertiary/aromatic N) is 3. The van der Waals surface area contributed by atoms with Crippen molar-refractivity contribution in [2.75, 3.05) is 0 Å². The van der Waals surface area contributed by atoms with Crippen molar-refractivity contribution in [3.63, 3.8) is 0 Å². The molecule has 0 aliphatic heterocycles. The van der Waals surface area contributed by atoms with Crippen LogP contribution in [0.5, 0.6) is 0 Å². The highest BCUT2D eigenvalue weighted by Crippen LogP contribution is 2.42. The van der Waals surface area contributed by atoms with E-state index in [1.807, 2.05) is 60.7 Å². The van der Waals surface area contributed by atoms with Gasteiger partial charge in [-0.2, -0.15) is 0 Å². The maximum absolute atomic E-state index is 8.70. The van der Waals surface area contributed by atoms with E-state index in [1.165, 1.54) is 0 Å². The van der Waals surface area contributed by atoms with Crippen LogP contribution < -0.4 is 0 Å². The molecule has 4 nitrogen and oxygen atoms in total. The standard InChI is InChI=1S/C45H29N3O/c1-5-15-30(16-6-1)34-27-35(31-17-7-2-8-18-31)29-36(28-34)37-23-14-26-40-41(37)38-24-13-25-39(42(38)49-40)45-47-43(32-19-9-3-10-20-32)46-44(48-45)33-21-11-4-12-22-33/h1-29H/i3D,4D,9D,10D,11D,12D,19D,20D,21D,22D. The quantitative estimate of drug-likeness (QED) is 0.182. The SMILES string of the molecule is [2H]c1c([2H])c([2H])c(-c2nc(-c3c([2H])c([2H])c([2H])c([2H])c3[2H])nc(-c3cccc4c3oc3cccc(-c5cc(-c6ccccc6)cc(-c6ccccc6)c5)c34)n2)c([2H])c1[2H]. The number of fused-ring (bicyclic) bond motifs is 3. The molecule has 0 saturated carbocycles. The first-order valence-electron chi connectivity index (χ1n) is 20.5. The summed E-state index contributed by atoms with van der Waals surface area (Å²) < 4.78 is 91.0. The molecule has 0 atom stereocenters. The predicted octanol–water partition coefficient (Wildman–Crippen LogP) is 11.8. The Bertz CT molecular complexity index is 2970. The number of aromatic nitrogens is 3. The van der Waals surface area contributed by atoms with Gasteiger partial charge in [0.2, 0.25) is 0 Å². The van der Waals surface area contributed by atoms with E-state index in [-0.39, 0.29) is 28.6 Å². The van der Waals surface area contributed by atoms with Crippen molar-refractivity contribution in [3.8, 4) is 67.5 Å². The molecule has 0 aliphatic carbocycles. The lowest BCUT2D eigenvalue weighted by atomic mass is 9.91. The van der Waals surface area contributed by atoms with Crippen LogP contribution >= 0.6 is 0 Å². The molecular formula is C45H29N3O. The van der Waals surface area contributed by atoms with Gasteiger partial charge in [-0.1, -0.05) is 145 Å². The van der Waals surface area contributed by atoms with Gasteiger partial charge in [0.1, 0.15) is 11.2 Å². The van der Waals surface area contributed by atoms with Gasteiger partial charge < -0.3 is 4.42 Å². The molecule has 0 saturated heterocycles. The van der Waals surface area contributed by atoms with Crippen molar-refractivity contribution in [1.29, 1.82) is 0 Å². The van der Waals surface area contributed by atoms with Crippen LogP contribution in [-0.4, -0.2) is 15.0 Å². The Morgan fingerprint density at radius 3 is 1.51 bits per heavy atom. The predicted molar refractivity (Wildman–Crippen MR) is 200 cm³/mol. The second-order valence-electron chi connectivity index (χ2n) is 11.3. The van der Waals surface area contributed by atoms with Crippen molar-refractivity contribution in [3.05, 3.63) is 176 Å². The van der Waals surface area contributed by atoms with Gasteiger partial charge in [0.05, 0.1) is 19.3 Å². The average Bonchev–Trinajstić information content (AvgIpc) is 3.66. The largest absolute Gasteiger partial charge is 0.455 e. The average molecular weight is 638 g/mol. The highest BCUT2D eigenvalue weighted by atomic mass is 16.3. The van der Waals surface area contributed by atoms with Gasteiger partial charge in [-0.25, -0.2) is 15.0 Å². The number of benzene rings is 7. The fourth-order valence-corrected chi connectivity index (χ4v) is 6.09. The van der Waals surface area contributed by atoms with Crippen LogP contribution in [-0.2, 0) is 0 Å². The molecule has 2 heterocycles. The first-order chi connectivity index (χ1) is 28.4. The zero-order valence-corrected chi connectivity index (χ0v) is 25.7. The van der Waals surface area contributed by atoms with E-state index in [1.54, 1.807) is 12.1 Å². The van der Waals surface area contributed by atoms with Crippen LogP contribution in [0.4, 0.5) is 0 Å². The fourth-order valence-electron chi connectivity index (χ4n) is 6.09. The molecule has 230 valence electrons. The molecule has 49 heavy (non-hydrogen) atoms. The Hall–Kier alpha value is -6.65. The number of hydrogen-bond acceptors (Lipinski definition) is 4. The smallest absolute Gasteiger partial charge is 0.167 e. The zero-order valence-electron chi connectivity index (χ0n) is 35.7. The third-order valence-electron chi connectivity index (χ3n) is 8.30. The molecule has 0 N–H and O–H groups in total. The summed E-state index contributed by atoms with van der Waals surface area (Å²) in [6.45, 7) is 0. The second kappa shape index (κ2) is 12.2. The molecule has 0 spiro atoms. The zero-order chi connectivity index (χ0) is 41.3. The molecule has 9 aromatic rings. The van der Waals surface area contributed by atoms with Crippen molar-refractivity contribution >= 4 is 21.9 Å². The van der Waals surface area contributed by atoms with E-state index in [0.717, 1.165) is 38.8 Å². The van der Waals surface area contributed by atoms with Crippen molar-refractivity contribution in [1.82, 2.24) is 15.0 Å². The maximum atomic E-state index is 8.70. The molecule has 4 heteroatoms. The summed E-state index contributed by atoms with van der Waals surface area (Å²) in [4.78, 5) is 13.7. The van der Waals surface area contributed by atoms with Crippen LogP contribution in [0.1, 0.15) is 13.7 Å². The third-order valence-corrected chi connectivity index (χ3v) is 8.30. The van der Waals surface area contributed by atoms with E-state index >= 15 is 0 Å². The number of para-hydroxylation sites is 1. The molecular weight excluding hydrogens is 599 g/mol. The minimum Gasteiger partial charge on any atom is -0.455 e. The number of hydrogen-bond donors (Lipinski definition) is 0. The summed E-state index contributed by atoms with van der Waals surface area (Å²) in [5.41, 5.74) is 6.55. The highest BCUT2D eigenvalue weighted by Gasteiger charge is 2.20. The van der Waals surface area contributed by atoms with Gasteiger partial charge in [0, 0.05) is 21.9 Å². The molecule has 0 radical (unpaired) electrons. The van der Waals surface area contributed by atoms with Crippen molar-refractivity contribution in [2.45, 2.75) is 0 Å². The Balaban J connectivity index is 1.31. The van der Waals surface area contributed by atoms with Gasteiger partial charge in [0.15, 0.2) is 17.5 Å². The highest BCUT2D eigenvalue weighted by molar-refractivity contribution is 6.15. The second-order valence-corrected chi connectivity index (χ2v) is 11.3. The van der Waals surface area contributed by atoms with Crippen LogP contribution in [0.15, 0.2) is 180 Å². The first kappa shape index (κ1) is 19.9. The number of furan rings is 1. The molecule has 0 unspecified atom stereocenters. The first-order valence-corrected chi connectivity index (χ1v) is 15.5. The molecule has 0 aliphatic rings. The summed E-state index contributed by atoms with van der Waals surface area (Å²) in [6, 6.07) is 31.8. The van der Waals surface area contributed by atoms with E-state index in [4.69, 9.17) is 18.1 Å². The lowest BCUT2D eigenvalue weighted by molar-refractivity contribution is 0.669. The Kier molecular flexibility index (Phi) is 4.94. The number of rotatable bonds is 6. The summed E-state index contributed by atoms with van der Waals surface area (Å²) in [5.74, 6) is -0.783. The Labute approximate surface area is 298 Å². The van der Waals surface area contributed by atoms with Crippen LogP contribution in [0.25, 0.3) is 89.5 Å². The van der Waals surface area contributed by atoms with E-state index in [9.17, 15) is 0 Å². The van der Waals surface area contributed by atoms with Gasteiger partial charge in [-0.15, -0.1) is 0 Å². The molecule has 7 aromatic carbocycles. The van der Waals surface area contributed by atoms with Crippen LogP contribution in [0, 0.1) is 0 Å². The Morgan fingerprint density at radius 1 is 0.408 bits per heavy atom. The molecule has 2 aromatic heterocycles. The Morgan fingerprint density at radius 2 is 0.918 bits per heavy atom. The maximum Gasteiger partial charge on any atom is 0.167 e. The van der Waals surface area contributed by atoms with E-state index < -0.39 is 60.4 Å². The summed E-state index contributed by atoms with van der Waals surface area (Å²) in [5, 5.41) is 1.51. The summed E-state index contributed by atoms with van der Waals surface area (Å²) in [6.07, 6.45) is 0. The van der Waals surface area contributed by atoms with Gasteiger partial charge >= 0.3 is 0 Å². The third kappa shape index (κ3) is 5.35. The topological polar surface area (TPSA) is 51.8 Å². The lowest BCUT2D eigenvalue weighted by Crippen LogP contribution is -2.00. The van der Waals surface area contributed by atoms with Crippen LogP contribution in [0.3, 0.4) is 0 Å². The van der Waals surface area contributed by atoms with Gasteiger partial charge in [-0.3, -0.25) is 0 Å². The normalized spacial score (nSPS) is 14.1. The van der Waals surface area contributed by atoms with Gasteiger partial charge in [-0.05, 0) is 63.7 Å². The summed E-state index contributed by atoms with van der Waals surface area (Å²) >= 11 is 0. The minimum absolute atomic E-state index is 0.0766. The summed E-state index contributed by atoms with van der Waals surface area (Å²) in [7, 11) is 0. The van der Waals surface area contributed by atoms with Gasteiger partial charge in [0.25, 0.3) is 0 Å². The van der Waals surface area contributed by atoms with Crippen LogP contribution in [0.2, 0.25) is 0 Å².